The van der Waals surface area contributed by atoms with E-state index in [0.717, 1.165) is 31.5 Å². The number of carbonyl (C=O) groups is 3. The fraction of sp³-hybridized carbons (Fsp3) is 0.609. The normalized spacial score (nSPS) is 10.5. The second-order valence-electron chi connectivity index (χ2n) is 7.54. The summed E-state index contributed by atoms with van der Waals surface area (Å²) in [4.78, 5) is 42.1. The van der Waals surface area contributed by atoms with Gasteiger partial charge in [-0.05, 0) is 43.9 Å². The summed E-state index contributed by atoms with van der Waals surface area (Å²) in [6, 6.07) is 7.38. The van der Waals surface area contributed by atoms with Gasteiger partial charge in [-0.2, -0.15) is 0 Å². The zero-order chi connectivity index (χ0) is 21.8. The van der Waals surface area contributed by atoms with E-state index in [0.29, 0.717) is 37.9 Å². The van der Waals surface area contributed by atoms with Crippen LogP contribution in [0.1, 0.15) is 68.8 Å². The fourth-order valence-electron chi connectivity index (χ4n) is 3.22. The van der Waals surface area contributed by atoms with Crippen molar-refractivity contribution in [2.45, 2.75) is 59.4 Å². The lowest BCUT2D eigenvalue weighted by atomic mass is 10.1. The third-order valence-electron chi connectivity index (χ3n) is 4.84. The Balaban J connectivity index is 2.55. The first kappa shape index (κ1) is 24.7. The number of amides is 3. The molecule has 6 heteroatoms. The van der Waals surface area contributed by atoms with Gasteiger partial charge in [-0.3, -0.25) is 14.4 Å². The van der Waals surface area contributed by atoms with Gasteiger partial charge in [0.25, 0.3) is 5.91 Å². The van der Waals surface area contributed by atoms with Crippen LogP contribution in [0.25, 0.3) is 0 Å². The van der Waals surface area contributed by atoms with E-state index in [1.165, 1.54) is 0 Å². The molecule has 0 saturated heterocycles. The van der Waals surface area contributed by atoms with E-state index in [-0.39, 0.29) is 17.7 Å². The minimum atomic E-state index is -0.0372. The molecule has 0 fully saturated rings. The molecule has 6 nitrogen and oxygen atoms in total. The van der Waals surface area contributed by atoms with Crippen molar-refractivity contribution in [1.82, 2.24) is 14.7 Å². The van der Waals surface area contributed by atoms with Crippen LogP contribution in [0.3, 0.4) is 0 Å². The van der Waals surface area contributed by atoms with Crippen LogP contribution in [0.5, 0.6) is 0 Å². The molecule has 0 unspecified atom stereocenters. The Labute approximate surface area is 175 Å². The Morgan fingerprint density at radius 1 is 0.793 bits per heavy atom. The van der Waals surface area contributed by atoms with Crippen molar-refractivity contribution in [3.63, 3.8) is 0 Å². The molecule has 0 heterocycles. The van der Waals surface area contributed by atoms with E-state index < -0.39 is 0 Å². The number of hydrogen-bond acceptors (Lipinski definition) is 3. The maximum Gasteiger partial charge on any atom is 0.253 e. The Morgan fingerprint density at radius 2 is 1.31 bits per heavy atom. The predicted octanol–water partition coefficient (Wildman–Crippen LogP) is 3.56. The largest absolute Gasteiger partial charge is 0.345 e. The molecular weight excluding hydrogens is 366 g/mol. The first-order chi connectivity index (χ1) is 13.8. The van der Waals surface area contributed by atoms with Crippen LogP contribution in [-0.4, -0.2) is 66.2 Å². The van der Waals surface area contributed by atoms with Crippen LogP contribution in [0.4, 0.5) is 0 Å². The highest BCUT2D eigenvalue weighted by atomic mass is 16.2. The van der Waals surface area contributed by atoms with Gasteiger partial charge in [0.05, 0.1) is 0 Å². The van der Waals surface area contributed by atoms with Crippen LogP contribution in [0.15, 0.2) is 24.3 Å². The Hall–Kier alpha value is -2.37. The molecule has 29 heavy (non-hydrogen) atoms. The van der Waals surface area contributed by atoms with Crippen molar-refractivity contribution in [3.8, 4) is 0 Å². The van der Waals surface area contributed by atoms with Gasteiger partial charge in [0.15, 0.2) is 0 Å². The summed E-state index contributed by atoms with van der Waals surface area (Å²) in [5.74, 6) is 0.168. The molecule has 0 N–H and O–H groups in total. The second-order valence-corrected chi connectivity index (χ2v) is 7.54. The summed E-state index contributed by atoms with van der Waals surface area (Å²) in [5, 5.41) is 0. The average molecular weight is 404 g/mol. The highest BCUT2D eigenvalue weighted by Crippen LogP contribution is 2.12. The van der Waals surface area contributed by atoms with Gasteiger partial charge < -0.3 is 14.7 Å². The topological polar surface area (TPSA) is 60.9 Å². The highest BCUT2D eigenvalue weighted by molar-refractivity contribution is 5.93. The number of nitrogens with zero attached hydrogens (tertiary/aromatic N) is 3. The molecule has 0 aliphatic heterocycles. The third-order valence-corrected chi connectivity index (χ3v) is 4.84. The average Bonchev–Trinajstić information content (AvgIpc) is 2.71. The van der Waals surface area contributed by atoms with Crippen molar-refractivity contribution >= 4 is 17.7 Å². The molecule has 1 aromatic rings. The lowest BCUT2D eigenvalue weighted by Gasteiger charge is -2.23. The molecule has 1 aromatic carbocycles. The number of rotatable bonds is 12. The molecular formula is C23H37N3O3. The van der Waals surface area contributed by atoms with Gasteiger partial charge in [0.2, 0.25) is 11.8 Å². The molecule has 0 aromatic heterocycles. The smallest absolute Gasteiger partial charge is 0.253 e. The summed E-state index contributed by atoms with van der Waals surface area (Å²) < 4.78 is 0. The number of carbonyl (C=O) groups excluding carboxylic acids is 3. The highest BCUT2D eigenvalue weighted by Gasteiger charge is 2.16. The second kappa shape index (κ2) is 13.0. The summed E-state index contributed by atoms with van der Waals surface area (Å²) in [5.41, 5.74) is 1.62. The zero-order valence-corrected chi connectivity index (χ0v) is 18.7. The first-order valence-corrected chi connectivity index (χ1v) is 10.7. The molecule has 0 aliphatic carbocycles. The zero-order valence-electron chi connectivity index (χ0n) is 18.7. The van der Waals surface area contributed by atoms with E-state index in [9.17, 15) is 14.4 Å². The molecule has 0 bridgehead atoms. The van der Waals surface area contributed by atoms with Crippen LogP contribution in [0, 0.1) is 0 Å². The van der Waals surface area contributed by atoms with E-state index in [4.69, 9.17) is 0 Å². The molecule has 0 spiro atoms. The molecule has 0 radical (unpaired) electrons. The maximum absolute atomic E-state index is 12.6. The Kier molecular flexibility index (Phi) is 11.0. The van der Waals surface area contributed by atoms with Crippen molar-refractivity contribution in [3.05, 3.63) is 35.4 Å². The quantitative estimate of drug-likeness (QED) is 0.536. The van der Waals surface area contributed by atoms with Gasteiger partial charge in [-0.1, -0.05) is 26.0 Å². The SMILES string of the molecule is CCCN(CCC)C(=O)CCCC(=O)N(CC)Cc1ccc(C(=O)N(C)C)cc1. The maximum atomic E-state index is 12.6. The summed E-state index contributed by atoms with van der Waals surface area (Å²) in [6.45, 7) is 8.79. The van der Waals surface area contributed by atoms with Crippen molar-refractivity contribution in [1.29, 1.82) is 0 Å². The summed E-state index contributed by atoms with van der Waals surface area (Å²) in [6.07, 6.45) is 3.28. The number of hydrogen-bond donors (Lipinski definition) is 0. The van der Waals surface area contributed by atoms with Gasteiger partial charge in [-0.25, -0.2) is 0 Å². The molecule has 162 valence electrons. The standard InChI is InChI=1S/C23H37N3O3/c1-6-16-26(17-7-2)22(28)11-9-10-21(27)25(8-3)18-19-12-14-20(15-13-19)23(29)24(4)5/h12-15H,6-11,16-18H2,1-5H3. The lowest BCUT2D eigenvalue weighted by Crippen LogP contribution is -2.33. The van der Waals surface area contributed by atoms with Gasteiger partial charge in [0.1, 0.15) is 0 Å². The van der Waals surface area contributed by atoms with E-state index in [1.807, 2.05) is 24.0 Å². The van der Waals surface area contributed by atoms with Gasteiger partial charge in [-0.15, -0.1) is 0 Å². The van der Waals surface area contributed by atoms with Crippen molar-refractivity contribution in [2.75, 3.05) is 33.7 Å². The van der Waals surface area contributed by atoms with Crippen LogP contribution in [0.2, 0.25) is 0 Å². The summed E-state index contributed by atoms with van der Waals surface area (Å²) >= 11 is 0. The Morgan fingerprint density at radius 3 is 1.76 bits per heavy atom. The van der Waals surface area contributed by atoms with Crippen LogP contribution < -0.4 is 0 Å². The van der Waals surface area contributed by atoms with Crippen LogP contribution >= 0.6 is 0 Å². The molecule has 1 rings (SSSR count). The van der Waals surface area contributed by atoms with E-state index >= 15 is 0 Å². The monoisotopic (exact) mass is 403 g/mol. The summed E-state index contributed by atoms with van der Waals surface area (Å²) in [7, 11) is 3.45. The Bertz CT molecular complexity index is 650. The molecule has 3 amide bonds. The molecule has 0 saturated carbocycles. The minimum Gasteiger partial charge on any atom is -0.345 e. The van der Waals surface area contributed by atoms with E-state index in [2.05, 4.69) is 13.8 Å². The third kappa shape index (κ3) is 8.26. The van der Waals surface area contributed by atoms with Crippen LogP contribution in [-0.2, 0) is 16.1 Å². The minimum absolute atomic E-state index is 0.0372. The number of benzene rings is 1. The fourth-order valence-corrected chi connectivity index (χ4v) is 3.22. The van der Waals surface area contributed by atoms with Crippen molar-refractivity contribution < 1.29 is 14.4 Å². The lowest BCUT2D eigenvalue weighted by molar-refractivity contribution is -0.133. The van der Waals surface area contributed by atoms with Crippen molar-refractivity contribution in [2.24, 2.45) is 0 Å². The first-order valence-electron chi connectivity index (χ1n) is 10.7. The molecule has 0 atom stereocenters. The van der Waals surface area contributed by atoms with E-state index in [1.54, 1.807) is 36.0 Å². The predicted molar refractivity (Wildman–Crippen MR) is 117 cm³/mol. The molecule has 0 aliphatic rings. The van der Waals surface area contributed by atoms with Gasteiger partial charge in [0, 0.05) is 58.7 Å². The van der Waals surface area contributed by atoms with Gasteiger partial charge >= 0.3 is 0 Å².